The van der Waals surface area contributed by atoms with Gasteiger partial charge in [0, 0.05) is 0 Å². The zero-order valence-corrected chi connectivity index (χ0v) is 10.7. The number of aromatic nitrogens is 7. The van der Waals surface area contributed by atoms with Gasteiger partial charge in [-0.2, -0.15) is 4.80 Å². The van der Waals surface area contributed by atoms with Crippen molar-refractivity contribution >= 4 is 15.9 Å². The number of alkyl halides is 1. The Kier molecular flexibility index (Phi) is 3.28. The van der Waals surface area contributed by atoms with Crippen LogP contribution in [0.2, 0.25) is 0 Å². The van der Waals surface area contributed by atoms with Crippen molar-refractivity contribution in [2.24, 2.45) is 7.05 Å². The van der Waals surface area contributed by atoms with E-state index in [-0.39, 0.29) is 4.83 Å². The largest absolute Gasteiger partial charge is 0.244 e. The second-order valence-corrected chi connectivity index (χ2v) is 4.52. The van der Waals surface area contributed by atoms with Crippen LogP contribution in [0.1, 0.15) is 29.7 Å². The van der Waals surface area contributed by atoms with E-state index in [1.165, 1.54) is 4.80 Å². The summed E-state index contributed by atoms with van der Waals surface area (Å²) < 4.78 is 1.70. The van der Waals surface area contributed by atoms with E-state index in [4.69, 9.17) is 0 Å². The highest BCUT2D eigenvalue weighted by Crippen LogP contribution is 2.23. The molecule has 2 rings (SSSR count). The SMILES string of the molecule is CCC(Br)c1cn(Cc2nnn(C)n2)nn1. The average Bonchev–Trinajstić information content (AvgIpc) is 2.87. The van der Waals surface area contributed by atoms with Crippen molar-refractivity contribution in [3.63, 3.8) is 0 Å². The lowest BCUT2D eigenvalue weighted by Gasteiger charge is -1.98. The van der Waals surface area contributed by atoms with E-state index in [0.717, 1.165) is 12.1 Å². The second kappa shape index (κ2) is 4.69. The first-order valence-corrected chi connectivity index (χ1v) is 5.87. The van der Waals surface area contributed by atoms with Crippen LogP contribution in [0.25, 0.3) is 0 Å². The molecule has 0 N–H and O–H groups in total. The van der Waals surface area contributed by atoms with Gasteiger partial charge >= 0.3 is 0 Å². The number of halogens is 1. The third kappa shape index (κ3) is 2.43. The topological polar surface area (TPSA) is 74.3 Å². The van der Waals surface area contributed by atoms with Gasteiger partial charge in [0.25, 0.3) is 0 Å². The molecule has 0 spiro atoms. The van der Waals surface area contributed by atoms with Crippen LogP contribution < -0.4 is 0 Å². The third-order valence-electron chi connectivity index (χ3n) is 2.09. The van der Waals surface area contributed by atoms with E-state index in [9.17, 15) is 0 Å². The van der Waals surface area contributed by atoms with Crippen LogP contribution in [0, 0.1) is 0 Å². The van der Waals surface area contributed by atoms with Gasteiger partial charge in [-0.05, 0) is 11.6 Å². The molecule has 1 unspecified atom stereocenters. The molecule has 2 aromatic heterocycles. The number of tetrazole rings is 1. The molecule has 0 saturated heterocycles. The maximum absolute atomic E-state index is 4.07. The van der Waals surface area contributed by atoms with E-state index >= 15 is 0 Å². The van der Waals surface area contributed by atoms with Gasteiger partial charge in [-0.1, -0.05) is 28.1 Å². The van der Waals surface area contributed by atoms with Gasteiger partial charge in [0.15, 0.2) is 5.82 Å². The van der Waals surface area contributed by atoms with Crippen LogP contribution in [0.4, 0.5) is 0 Å². The molecule has 0 aliphatic rings. The van der Waals surface area contributed by atoms with Crippen molar-refractivity contribution in [3.05, 3.63) is 17.7 Å². The molecule has 0 fully saturated rings. The summed E-state index contributed by atoms with van der Waals surface area (Å²) in [6.07, 6.45) is 2.86. The summed E-state index contributed by atoms with van der Waals surface area (Å²) in [6, 6.07) is 0. The number of rotatable bonds is 4. The second-order valence-electron chi connectivity index (χ2n) is 3.41. The maximum Gasteiger partial charge on any atom is 0.196 e. The lowest BCUT2D eigenvalue weighted by molar-refractivity contribution is 0.607. The first kappa shape index (κ1) is 11.2. The summed E-state index contributed by atoms with van der Waals surface area (Å²) in [7, 11) is 1.73. The van der Waals surface area contributed by atoms with Crippen LogP contribution in [0.5, 0.6) is 0 Å². The van der Waals surface area contributed by atoms with Crippen molar-refractivity contribution in [1.82, 2.24) is 35.2 Å². The summed E-state index contributed by atoms with van der Waals surface area (Å²) in [5.74, 6) is 0.626. The van der Waals surface area contributed by atoms with Gasteiger partial charge in [0.05, 0.1) is 23.8 Å². The Morgan fingerprint density at radius 2 is 2.19 bits per heavy atom. The zero-order valence-electron chi connectivity index (χ0n) is 9.08. The smallest absolute Gasteiger partial charge is 0.196 e. The Hall–Kier alpha value is -1.31. The molecule has 8 heteroatoms. The molecule has 16 heavy (non-hydrogen) atoms. The highest BCUT2D eigenvalue weighted by atomic mass is 79.9. The summed E-state index contributed by atoms with van der Waals surface area (Å²) in [4.78, 5) is 1.67. The summed E-state index contributed by atoms with van der Waals surface area (Å²) in [5, 5.41) is 19.8. The Labute approximate surface area is 101 Å². The van der Waals surface area contributed by atoms with E-state index in [0.29, 0.717) is 12.4 Å². The van der Waals surface area contributed by atoms with Gasteiger partial charge in [0.2, 0.25) is 0 Å². The van der Waals surface area contributed by atoms with E-state index in [1.807, 2.05) is 6.20 Å². The molecule has 0 aliphatic carbocycles. The molecule has 0 saturated carbocycles. The monoisotopic (exact) mass is 285 g/mol. The van der Waals surface area contributed by atoms with E-state index < -0.39 is 0 Å². The number of nitrogens with zero attached hydrogens (tertiary/aromatic N) is 7. The molecule has 7 nitrogen and oxygen atoms in total. The van der Waals surface area contributed by atoms with Gasteiger partial charge in [-0.3, -0.25) is 0 Å². The minimum atomic E-state index is 0.246. The molecule has 0 amide bonds. The molecular formula is C8H12BrN7. The van der Waals surface area contributed by atoms with E-state index in [1.54, 1.807) is 11.7 Å². The molecule has 0 aliphatic heterocycles. The zero-order chi connectivity index (χ0) is 11.5. The molecule has 0 aromatic carbocycles. The van der Waals surface area contributed by atoms with Gasteiger partial charge < -0.3 is 0 Å². The quantitative estimate of drug-likeness (QED) is 0.773. The fraction of sp³-hybridized carbons (Fsp3) is 0.625. The predicted molar refractivity (Wildman–Crippen MR) is 59.9 cm³/mol. The van der Waals surface area contributed by atoms with Crippen molar-refractivity contribution < 1.29 is 0 Å². The van der Waals surface area contributed by atoms with Gasteiger partial charge in [0.1, 0.15) is 6.54 Å². The minimum Gasteiger partial charge on any atom is -0.244 e. The Balaban J connectivity index is 2.08. The fourth-order valence-electron chi connectivity index (χ4n) is 1.27. The minimum absolute atomic E-state index is 0.246. The van der Waals surface area contributed by atoms with E-state index in [2.05, 4.69) is 48.6 Å². The Morgan fingerprint density at radius 3 is 2.81 bits per heavy atom. The fourth-order valence-corrected chi connectivity index (χ4v) is 1.48. The summed E-state index contributed by atoms with van der Waals surface area (Å²) in [5.41, 5.74) is 0.923. The standard InChI is InChI=1S/C8H12BrN7/c1-3-6(9)7-4-16(14-10-7)5-8-11-13-15(2)12-8/h4,6H,3,5H2,1-2H3. The van der Waals surface area contributed by atoms with Crippen LogP contribution in [-0.2, 0) is 13.6 Å². The number of hydrogen-bond acceptors (Lipinski definition) is 5. The lowest BCUT2D eigenvalue weighted by atomic mass is 10.3. The van der Waals surface area contributed by atoms with Crippen molar-refractivity contribution in [3.8, 4) is 0 Å². The maximum atomic E-state index is 4.07. The highest BCUT2D eigenvalue weighted by molar-refractivity contribution is 9.09. The number of aryl methyl sites for hydroxylation is 1. The van der Waals surface area contributed by atoms with Crippen molar-refractivity contribution in [2.45, 2.75) is 24.7 Å². The molecule has 0 radical (unpaired) electrons. The molecule has 86 valence electrons. The average molecular weight is 286 g/mol. The molecular weight excluding hydrogens is 274 g/mol. The molecule has 0 bridgehead atoms. The molecule has 2 heterocycles. The molecule has 1 atom stereocenters. The van der Waals surface area contributed by atoms with Crippen LogP contribution in [-0.4, -0.2) is 35.2 Å². The predicted octanol–water partition coefficient (Wildman–Crippen LogP) is 0.696. The van der Waals surface area contributed by atoms with Crippen LogP contribution in [0.3, 0.4) is 0 Å². The highest BCUT2D eigenvalue weighted by Gasteiger charge is 2.10. The normalized spacial score (nSPS) is 12.9. The Morgan fingerprint density at radius 1 is 1.38 bits per heavy atom. The van der Waals surface area contributed by atoms with Gasteiger partial charge in [-0.25, -0.2) is 4.68 Å². The summed E-state index contributed by atoms with van der Waals surface area (Å²) in [6.45, 7) is 2.58. The van der Waals surface area contributed by atoms with Gasteiger partial charge in [-0.15, -0.1) is 15.3 Å². The summed E-state index contributed by atoms with van der Waals surface area (Å²) >= 11 is 3.52. The number of hydrogen-bond donors (Lipinski definition) is 0. The van der Waals surface area contributed by atoms with Crippen molar-refractivity contribution in [1.29, 1.82) is 0 Å². The lowest BCUT2D eigenvalue weighted by Crippen LogP contribution is -2.03. The van der Waals surface area contributed by atoms with Crippen LogP contribution in [0.15, 0.2) is 6.20 Å². The third-order valence-corrected chi connectivity index (χ3v) is 3.21. The van der Waals surface area contributed by atoms with Crippen molar-refractivity contribution in [2.75, 3.05) is 0 Å². The molecule has 2 aromatic rings. The first-order chi connectivity index (χ1) is 7.69. The first-order valence-electron chi connectivity index (χ1n) is 4.96. The Bertz CT molecular complexity index is 462. The van der Waals surface area contributed by atoms with Crippen LogP contribution >= 0.6 is 15.9 Å².